The quantitative estimate of drug-likeness (QED) is 0.363. The number of fused-ring (bicyclic) bond motifs is 1. The number of nitrogens with zero attached hydrogens (tertiary/aromatic N) is 1. The van der Waals surface area contributed by atoms with E-state index in [1.54, 1.807) is 7.11 Å². The van der Waals surface area contributed by atoms with Gasteiger partial charge in [0, 0.05) is 24.7 Å². The van der Waals surface area contributed by atoms with Crippen LogP contribution in [0, 0.1) is 0 Å². The Balaban J connectivity index is 1.61. The first-order valence-electron chi connectivity index (χ1n) is 11.4. The van der Waals surface area contributed by atoms with E-state index < -0.39 is 0 Å². The molecule has 3 aromatic carbocycles. The molecule has 33 heavy (non-hydrogen) atoms. The van der Waals surface area contributed by atoms with Gasteiger partial charge in [0.25, 0.3) is 5.91 Å². The van der Waals surface area contributed by atoms with Crippen LogP contribution in [0.5, 0.6) is 5.75 Å². The van der Waals surface area contributed by atoms with E-state index in [9.17, 15) is 4.79 Å². The number of hydrogen-bond donors (Lipinski definition) is 1. The summed E-state index contributed by atoms with van der Waals surface area (Å²) in [4.78, 5) is 18.9. The molecule has 0 fully saturated rings. The van der Waals surface area contributed by atoms with Gasteiger partial charge in [-0.2, -0.15) is 0 Å². The summed E-state index contributed by atoms with van der Waals surface area (Å²) in [6.07, 6.45) is 2.64. The molecule has 1 aromatic heterocycles. The molecule has 0 spiro atoms. The minimum atomic E-state index is 0.0332. The molecule has 0 aliphatic heterocycles. The van der Waals surface area contributed by atoms with Crippen molar-refractivity contribution in [2.75, 3.05) is 13.7 Å². The summed E-state index contributed by atoms with van der Waals surface area (Å²) in [5.74, 6) is 0.866. The van der Waals surface area contributed by atoms with Crippen LogP contribution >= 0.6 is 0 Å². The fourth-order valence-electron chi connectivity index (χ4n) is 4.11. The summed E-state index contributed by atoms with van der Waals surface area (Å²) in [7, 11) is 1.67. The molecule has 0 bridgehead atoms. The molecule has 1 amide bonds. The molecule has 4 heteroatoms. The number of aromatic nitrogens is 1. The van der Waals surface area contributed by atoms with Gasteiger partial charge in [-0.3, -0.25) is 4.79 Å². The van der Waals surface area contributed by atoms with E-state index in [1.165, 1.54) is 5.56 Å². The molecule has 0 radical (unpaired) electrons. The van der Waals surface area contributed by atoms with Gasteiger partial charge in [-0.05, 0) is 52.8 Å². The highest BCUT2D eigenvalue weighted by molar-refractivity contribution is 6.05. The van der Waals surface area contributed by atoms with Crippen molar-refractivity contribution >= 4 is 16.8 Å². The SMILES string of the molecule is COc1cccc(CCN(Cc2ccc(C(C)(C)C)cc2)C(=O)c2cccc3cc[nH]c23)c1. The minimum absolute atomic E-state index is 0.0332. The summed E-state index contributed by atoms with van der Waals surface area (Å²) in [5.41, 5.74) is 5.25. The van der Waals surface area contributed by atoms with E-state index in [-0.39, 0.29) is 11.3 Å². The lowest BCUT2D eigenvalue weighted by molar-refractivity contribution is 0.0747. The van der Waals surface area contributed by atoms with Gasteiger partial charge in [0.15, 0.2) is 0 Å². The number of nitrogens with one attached hydrogen (secondary N) is 1. The molecule has 0 saturated carbocycles. The minimum Gasteiger partial charge on any atom is -0.497 e. The molecule has 0 unspecified atom stereocenters. The number of ether oxygens (including phenoxy) is 1. The summed E-state index contributed by atoms with van der Waals surface area (Å²) in [5, 5.41) is 1.04. The molecule has 0 aliphatic rings. The summed E-state index contributed by atoms with van der Waals surface area (Å²) < 4.78 is 5.37. The zero-order valence-corrected chi connectivity index (χ0v) is 19.9. The van der Waals surface area contributed by atoms with Gasteiger partial charge in [0.2, 0.25) is 0 Å². The maximum atomic E-state index is 13.7. The second-order valence-corrected chi connectivity index (χ2v) is 9.52. The lowest BCUT2D eigenvalue weighted by atomic mass is 9.87. The summed E-state index contributed by atoms with van der Waals surface area (Å²) >= 11 is 0. The lowest BCUT2D eigenvalue weighted by Crippen LogP contribution is -2.32. The van der Waals surface area contributed by atoms with Crippen molar-refractivity contribution in [3.05, 3.63) is 101 Å². The first-order chi connectivity index (χ1) is 15.8. The Morgan fingerprint density at radius 1 is 0.939 bits per heavy atom. The van der Waals surface area contributed by atoms with Crippen LogP contribution in [-0.2, 0) is 18.4 Å². The van der Waals surface area contributed by atoms with Gasteiger partial charge in [-0.1, -0.05) is 69.3 Å². The van der Waals surface area contributed by atoms with Crippen LogP contribution in [0.15, 0.2) is 79.0 Å². The van der Waals surface area contributed by atoms with Crippen molar-refractivity contribution in [3.8, 4) is 5.75 Å². The molecular formula is C29H32N2O2. The first-order valence-corrected chi connectivity index (χ1v) is 11.4. The van der Waals surface area contributed by atoms with Crippen LogP contribution in [0.1, 0.15) is 47.8 Å². The molecule has 1 heterocycles. The van der Waals surface area contributed by atoms with Gasteiger partial charge in [-0.25, -0.2) is 0 Å². The number of hydrogen-bond acceptors (Lipinski definition) is 2. The second kappa shape index (κ2) is 9.53. The number of aromatic amines is 1. The molecule has 0 aliphatic carbocycles. The average Bonchev–Trinajstić information content (AvgIpc) is 3.30. The van der Waals surface area contributed by atoms with Crippen molar-refractivity contribution in [3.63, 3.8) is 0 Å². The molecule has 1 N–H and O–H groups in total. The van der Waals surface area contributed by atoms with Crippen molar-refractivity contribution in [1.82, 2.24) is 9.88 Å². The predicted molar refractivity (Wildman–Crippen MR) is 135 cm³/mol. The number of benzene rings is 3. The summed E-state index contributed by atoms with van der Waals surface area (Å²) in [6.45, 7) is 7.81. The molecule has 4 nitrogen and oxygen atoms in total. The van der Waals surface area contributed by atoms with Crippen molar-refractivity contribution in [2.24, 2.45) is 0 Å². The number of amides is 1. The van der Waals surface area contributed by atoms with Gasteiger partial charge >= 0.3 is 0 Å². The van der Waals surface area contributed by atoms with Gasteiger partial charge in [0.1, 0.15) is 5.75 Å². The fourth-order valence-corrected chi connectivity index (χ4v) is 4.11. The molecular weight excluding hydrogens is 408 g/mol. The zero-order chi connectivity index (χ0) is 23.4. The first kappa shape index (κ1) is 22.7. The highest BCUT2D eigenvalue weighted by atomic mass is 16.5. The Kier molecular flexibility index (Phi) is 6.55. The van der Waals surface area contributed by atoms with E-state index in [1.807, 2.05) is 53.6 Å². The number of carbonyl (C=O) groups excluding carboxylic acids is 1. The Labute approximate surface area is 196 Å². The van der Waals surface area contributed by atoms with Crippen molar-refractivity contribution < 1.29 is 9.53 Å². The Morgan fingerprint density at radius 2 is 1.70 bits per heavy atom. The van der Waals surface area contributed by atoms with E-state index in [4.69, 9.17) is 4.74 Å². The third kappa shape index (κ3) is 5.28. The highest BCUT2D eigenvalue weighted by Gasteiger charge is 2.20. The Morgan fingerprint density at radius 3 is 2.42 bits per heavy atom. The smallest absolute Gasteiger partial charge is 0.256 e. The standard InChI is InChI=1S/C29H32N2O2/c1-29(2,3)24-13-11-22(12-14-24)20-31(18-16-21-7-5-9-25(19-21)33-4)28(32)26-10-6-8-23-15-17-30-27(23)26/h5-15,17,19,30H,16,18,20H2,1-4H3. The van der Waals surface area contributed by atoms with Crippen LogP contribution in [0.3, 0.4) is 0 Å². The topological polar surface area (TPSA) is 45.3 Å². The van der Waals surface area contributed by atoms with E-state index in [0.717, 1.165) is 34.2 Å². The fraction of sp³-hybridized carbons (Fsp3) is 0.276. The Hall–Kier alpha value is -3.53. The maximum absolute atomic E-state index is 13.7. The van der Waals surface area contributed by atoms with E-state index in [0.29, 0.717) is 18.7 Å². The van der Waals surface area contributed by atoms with Gasteiger partial charge in [0.05, 0.1) is 18.2 Å². The predicted octanol–water partition coefficient (Wildman–Crippen LogP) is 6.36. The number of H-pyrrole nitrogens is 1. The monoisotopic (exact) mass is 440 g/mol. The number of para-hydroxylation sites is 1. The van der Waals surface area contributed by atoms with Crippen LogP contribution < -0.4 is 4.74 Å². The molecule has 0 saturated heterocycles. The average molecular weight is 441 g/mol. The highest BCUT2D eigenvalue weighted by Crippen LogP contribution is 2.24. The molecule has 170 valence electrons. The van der Waals surface area contributed by atoms with Gasteiger partial charge < -0.3 is 14.6 Å². The largest absolute Gasteiger partial charge is 0.497 e. The maximum Gasteiger partial charge on any atom is 0.256 e. The second-order valence-electron chi connectivity index (χ2n) is 9.52. The molecule has 4 aromatic rings. The van der Waals surface area contributed by atoms with Crippen LogP contribution in [0.4, 0.5) is 0 Å². The molecule has 4 rings (SSSR count). The lowest BCUT2D eigenvalue weighted by Gasteiger charge is -2.24. The third-order valence-corrected chi connectivity index (χ3v) is 6.10. The molecule has 0 atom stereocenters. The summed E-state index contributed by atoms with van der Waals surface area (Å²) in [6, 6.07) is 24.5. The van der Waals surface area contributed by atoms with Gasteiger partial charge in [-0.15, -0.1) is 0 Å². The number of carbonyl (C=O) groups is 1. The Bertz CT molecular complexity index is 1230. The van der Waals surface area contributed by atoms with E-state index in [2.05, 4.69) is 56.1 Å². The zero-order valence-electron chi connectivity index (χ0n) is 19.9. The number of methoxy groups -OCH3 is 1. The third-order valence-electron chi connectivity index (χ3n) is 6.10. The van der Waals surface area contributed by atoms with Crippen LogP contribution in [-0.4, -0.2) is 29.4 Å². The van der Waals surface area contributed by atoms with Crippen LogP contribution in [0.25, 0.3) is 10.9 Å². The van der Waals surface area contributed by atoms with E-state index >= 15 is 0 Å². The number of rotatable bonds is 7. The van der Waals surface area contributed by atoms with Crippen molar-refractivity contribution in [2.45, 2.75) is 39.2 Å². The normalized spacial score (nSPS) is 11.5. The van der Waals surface area contributed by atoms with Crippen LogP contribution in [0.2, 0.25) is 0 Å². The van der Waals surface area contributed by atoms with Crippen molar-refractivity contribution in [1.29, 1.82) is 0 Å².